The molecule has 2 atom stereocenters. The van der Waals surface area contributed by atoms with E-state index in [0.29, 0.717) is 25.1 Å². The minimum absolute atomic E-state index is 0.169. The molecule has 1 aliphatic rings. The number of hydrogen-bond donors (Lipinski definition) is 1. The van der Waals surface area contributed by atoms with Crippen molar-refractivity contribution in [3.8, 4) is 11.3 Å². The topological polar surface area (TPSA) is 71.5 Å². The summed E-state index contributed by atoms with van der Waals surface area (Å²) in [4.78, 5) is 33.2. The number of ether oxygens (including phenoxy) is 1. The van der Waals surface area contributed by atoms with E-state index in [1.54, 1.807) is 0 Å². The van der Waals surface area contributed by atoms with Gasteiger partial charge in [-0.1, -0.05) is 72.3 Å². The van der Waals surface area contributed by atoms with Gasteiger partial charge in [0.15, 0.2) is 0 Å². The summed E-state index contributed by atoms with van der Waals surface area (Å²) in [7, 11) is 1.42. The molecule has 1 N–H and O–H groups in total. The maximum Gasteiger partial charge on any atom is 0.323 e. The lowest BCUT2D eigenvalue weighted by molar-refractivity contribution is -0.146. The second-order valence-corrected chi connectivity index (χ2v) is 9.74. The SMILES string of the molecule is COC(=O)[C@@H]1C[C@@H](NC(=O)c2cc(-c3ccccc3)nc3ccccc23)CN1Cc1cc(C)ccc1C. The Morgan fingerprint density at radius 3 is 2.54 bits per heavy atom. The summed E-state index contributed by atoms with van der Waals surface area (Å²) in [5.74, 6) is -0.444. The molecule has 6 heteroatoms. The molecule has 4 aromatic rings. The Labute approximate surface area is 217 Å². The van der Waals surface area contributed by atoms with Gasteiger partial charge in [-0.25, -0.2) is 4.98 Å². The molecule has 0 radical (unpaired) electrons. The van der Waals surface area contributed by atoms with E-state index in [1.807, 2.05) is 60.7 Å². The first-order valence-electron chi connectivity index (χ1n) is 12.6. The van der Waals surface area contributed by atoms with Gasteiger partial charge in [-0.3, -0.25) is 14.5 Å². The number of carbonyl (C=O) groups excluding carboxylic acids is 2. The van der Waals surface area contributed by atoms with Crippen LogP contribution in [0.15, 0.2) is 78.9 Å². The number of methoxy groups -OCH3 is 1. The van der Waals surface area contributed by atoms with Crippen molar-refractivity contribution in [2.75, 3.05) is 13.7 Å². The van der Waals surface area contributed by atoms with Crippen LogP contribution in [0.25, 0.3) is 22.2 Å². The first-order valence-corrected chi connectivity index (χ1v) is 12.6. The molecule has 5 rings (SSSR count). The van der Waals surface area contributed by atoms with Gasteiger partial charge in [0.1, 0.15) is 6.04 Å². The second-order valence-electron chi connectivity index (χ2n) is 9.74. The van der Waals surface area contributed by atoms with Crippen molar-refractivity contribution in [2.45, 2.75) is 38.9 Å². The van der Waals surface area contributed by atoms with E-state index >= 15 is 0 Å². The van der Waals surface area contributed by atoms with Gasteiger partial charge >= 0.3 is 5.97 Å². The molecule has 188 valence electrons. The number of pyridine rings is 1. The molecule has 0 aliphatic carbocycles. The van der Waals surface area contributed by atoms with Crippen LogP contribution in [0.3, 0.4) is 0 Å². The molecule has 0 unspecified atom stereocenters. The van der Waals surface area contributed by atoms with Crippen LogP contribution in [0.1, 0.15) is 33.5 Å². The Balaban J connectivity index is 1.41. The number of hydrogen-bond acceptors (Lipinski definition) is 5. The maximum absolute atomic E-state index is 13.6. The molecule has 0 spiro atoms. The van der Waals surface area contributed by atoms with Crippen LogP contribution in [0.2, 0.25) is 0 Å². The van der Waals surface area contributed by atoms with E-state index in [2.05, 4.69) is 42.3 Å². The molecule has 1 aliphatic heterocycles. The van der Waals surface area contributed by atoms with Gasteiger partial charge in [0.2, 0.25) is 0 Å². The largest absolute Gasteiger partial charge is 0.468 e. The molecule has 1 aromatic heterocycles. The van der Waals surface area contributed by atoms with Gasteiger partial charge < -0.3 is 10.1 Å². The molecule has 1 amide bonds. The highest BCUT2D eigenvalue weighted by Crippen LogP contribution is 2.27. The number of nitrogens with one attached hydrogen (secondary N) is 1. The molecular formula is C31H31N3O3. The molecule has 1 fully saturated rings. The Kier molecular flexibility index (Phi) is 7.01. The van der Waals surface area contributed by atoms with E-state index in [9.17, 15) is 9.59 Å². The fourth-order valence-electron chi connectivity index (χ4n) is 5.14. The Bertz CT molecular complexity index is 1450. The van der Waals surface area contributed by atoms with E-state index in [0.717, 1.165) is 22.2 Å². The van der Waals surface area contributed by atoms with Crippen molar-refractivity contribution in [3.05, 3.63) is 101 Å². The van der Waals surface area contributed by atoms with Crippen molar-refractivity contribution in [1.82, 2.24) is 15.2 Å². The van der Waals surface area contributed by atoms with Crippen LogP contribution in [-0.2, 0) is 16.1 Å². The monoisotopic (exact) mass is 493 g/mol. The van der Waals surface area contributed by atoms with Crippen molar-refractivity contribution in [2.24, 2.45) is 0 Å². The summed E-state index contributed by atoms with van der Waals surface area (Å²) in [5, 5.41) is 4.00. The zero-order chi connectivity index (χ0) is 25.9. The lowest BCUT2D eigenvalue weighted by Crippen LogP contribution is -2.38. The highest BCUT2D eigenvalue weighted by Gasteiger charge is 2.38. The number of nitrogens with zero attached hydrogens (tertiary/aromatic N) is 2. The van der Waals surface area contributed by atoms with Crippen molar-refractivity contribution in [3.63, 3.8) is 0 Å². The Hall–Kier alpha value is -4.03. The van der Waals surface area contributed by atoms with Crippen molar-refractivity contribution < 1.29 is 14.3 Å². The highest BCUT2D eigenvalue weighted by atomic mass is 16.5. The Morgan fingerprint density at radius 2 is 1.76 bits per heavy atom. The van der Waals surface area contributed by atoms with Crippen molar-refractivity contribution in [1.29, 1.82) is 0 Å². The predicted octanol–water partition coefficient (Wildman–Crippen LogP) is 5.06. The predicted molar refractivity (Wildman–Crippen MR) is 145 cm³/mol. The van der Waals surface area contributed by atoms with Crippen molar-refractivity contribution >= 4 is 22.8 Å². The average molecular weight is 494 g/mol. The number of fused-ring (bicyclic) bond motifs is 1. The number of rotatable bonds is 6. The van der Waals surface area contributed by atoms with Gasteiger partial charge in [0, 0.05) is 30.1 Å². The third kappa shape index (κ3) is 5.25. The van der Waals surface area contributed by atoms with Crippen LogP contribution in [0, 0.1) is 13.8 Å². The van der Waals surface area contributed by atoms with Gasteiger partial charge in [-0.05, 0) is 43.5 Å². The number of para-hydroxylation sites is 1. The van der Waals surface area contributed by atoms with Gasteiger partial charge in [-0.2, -0.15) is 0 Å². The number of esters is 1. The molecule has 0 saturated carbocycles. The molecule has 1 saturated heterocycles. The van der Waals surface area contributed by atoms with E-state index in [1.165, 1.54) is 23.8 Å². The number of carbonyl (C=O) groups is 2. The summed E-state index contributed by atoms with van der Waals surface area (Å²) >= 11 is 0. The van der Waals surface area contributed by atoms with Crippen LogP contribution in [0.5, 0.6) is 0 Å². The minimum atomic E-state index is -0.413. The number of amides is 1. The third-order valence-electron chi connectivity index (χ3n) is 7.12. The standard InChI is InChI=1S/C31H31N3O3/c1-20-13-14-21(2)23(15-20)18-34-19-24(16-29(34)31(36)37-3)32-30(35)26-17-28(22-9-5-4-6-10-22)33-27-12-8-7-11-25(26)27/h4-15,17,24,29H,16,18-19H2,1-3H3,(H,32,35)/t24-,29+/m1/s1. The maximum atomic E-state index is 13.6. The zero-order valence-corrected chi connectivity index (χ0v) is 21.4. The average Bonchev–Trinajstić information content (AvgIpc) is 3.31. The number of benzene rings is 3. The molecular weight excluding hydrogens is 462 g/mol. The molecule has 37 heavy (non-hydrogen) atoms. The normalized spacial score (nSPS) is 17.6. The Morgan fingerprint density at radius 1 is 1.00 bits per heavy atom. The summed E-state index contributed by atoms with van der Waals surface area (Å²) in [6, 6.07) is 25.1. The van der Waals surface area contributed by atoms with E-state index in [-0.39, 0.29) is 17.9 Å². The molecule has 3 aromatic carbocycles. The van der Waals surface area contributed by atoms with Crippen LogP contribution in [0.4, 0.5) is 0 Å². The molecule has 0 bridgehead atoms. The van der Waals surface area contributed by atoms with Crippen LogP contribution in [-0.4, -0.2) is 47.5 Å². The quantitative estimate of drug-likeness (QED) is 0.380. The summed E-state index contributed by atoms with van der Waals surface area (Å²) in [5.41, 5.74) is 6.58. The smallest absolute Gasteiger partial charge is 0.323 e. The fourth-order valence-corrected chi connectivity index (χ4v) is 5.14. The fraction of sp³-hybridized carbons (Fsp3) is 0.258. The summed E-state index contributed by atoms with van der Waals surface area (Å²) in [6.45, 7) is 5.33. The summed E-state index contributed by atoms with van der Waals surface area (Å²) < 4.78 is 5.11. The van der Waals surface area contributed by atoms with Gasteiger partial charge in [0.25, 0.3) is 5.91 Å². The molecule has 2 heterocycles. The number of aromatic nitrogens is 1. The molecule has 6 nitrogen and oxygen atoms in total. The third-order valence-corrected chi connectivity index (χ3v) is 7.12. The summed E-state index contributed by atoms with van der Waals surface area (Å²) in [6.07, 6.45) is 0.498. The lowest BCUT2D eigenvalue weighted by atomic mass is 10.0. The van der Waals surface area contributed by atoms with E-state index in [4.69, 9.17) is 9.72 Å². The first-order chi connectivity index (χ1) is 17.9. The lowest BCUT2D eigenvalue weighted by Gasteiger charge is -2.23. The minimum Gasteiger partial charge on any atom is -0.468 e. The first kappa shape index (κ1) is 24.7. The van der Waals surface area contributed by atoms with Gasteiger partial charge in [-0.15, -0.1) is 0 Å². The highest BCUT2D eigenvalue weighted by molar-refractivity contribution is 6.07. The van der Waals surface area contributed by atoms with E-state index < -0.39 is 6.04 Å². The van der Waals surface area contributed by atoms with Crippen LogP contribution >= 0.6 is 0 Å². The second kappa shape index (κ2) is 10.5. The number of likely N-dealkylation sites (tertiary alicyclic amines) is 1. The van der Waals surface area contributed by atoms with Gasteiger partial charge in [0.05, 0.1) is 23.9 Å². The van der Waals surface area contributed by atoms with Crippen LogP contribution < -0.4 is 5.32 Å². The zero-order valence-electron chi connectivity index (χ0n) is 21.4. The number of aryl methyl sites for hydroxylation is 2.